The average molecular weight is 706 g/mol. The second-order valence-corrected chi connectivity index (χ2v) is 15.3. The number of nitriles is 1. The lowest BCUT2D eigenvalue weighted by Crippen LogP contribution is -2.53. The molecule has 0 spiro atoms. The summed E-state index contributed by atoms with van der Waals surface area (Å²) in [5.41, 5.74) is 17.3. The number of aromatic nitrogens is 2. The van der Waals surface area contributed by atoms with Crippen LogP contribution in [0.4, 0.5) is 0 Å². The van der Waals surface area contributed by atoms with Crippen molar-refractivity contribution in [1.82, 2.24) is 0 Å². The van der Waals surface area contributed by atoms with Crippen LogP contribution >= 0.6 is 0 Å². The van der Waals surface area contributed by atoms with E-state index in [-0.39, 0.29) is 5.41 Å². The summed E-state index contributed by atoms with van der Waals surface area (Å²) in [7, 11) is 0. The fraction of sp³-hybridized carbons (Fsp3) is 0.0962. The number of rotatable bonds is 2. The van der Waals surface area contributed by atoms with Gasteiger partial charge in [0.05, 0.1) is 22.8 Å². The summed E-state index contributed by atoms with van der Waals surface area (Å²) >= 11 is 0. The first-order valence-corrected chi connectivity index (χ1v) is 19.1. The minimum Gasteiger partial charge on any atom is -0.192 e. The molecule has 3 heteroatoms. The van der Waals surface area contributed by atoms with Gasteiger partial charge in [0.2, 0.25) is 11.4 Å². The third-order valence-corrected chi connectivity index (χ3v) is 11.7. The van der Waals surface area contributed by atoms with Gasteiger partial charge in [0.15, 0.2) is 12.4 Å². The predicted molar refractivity (Wildman–Crippen MR) is 223 cm³/mol. The summed E-state index contributed by atoms with van der Waals surface area (Å²) in [6.45, 7) is 5.31. The highest BCUT2D eigenvalue weighted by molar-refractivity contribution is 6.00. The second-order valence-electron chi connectivity index (χ2n) is 15.3. The molecule has 0 bridgehead atoms. The quantitative estimate of drug-likeness (QED) is 0.165. The van der Waals surface area contributed by atoms with Crippen LogP contribution in [-0.2, 0) is 18.5 Å². The molecule has 0 unspecified atom stereocenters. The maximum atomic E-state index is 10.3. The van der Waals surface area contributed by atoms with Crippen molar-refractivity contribution in [3.05, 3.63) is 198 Å². The monoisotopic (exact) mass is 705 g/mol. The van der Waals surface area contributed by atoms with Crippen molar-refractivity contribution in [2.24, 2.45) is 0 Å². The molecule has 260 valence electrons. The van der Waals surface area contributed by atoms with Crippen LogP contribution in [0.1, 0.15) is 41.7 Å². The Balaban J connectivity index is 1.25. The van der Waals surface area contributed by atoms with E-state index < -0.39 is 0 Å². The van der Waals surface area contributed by atoms with Gasteiger partial charge in [-0.15, -0.1) is 9.13 Å². The van der Waals surface area contributed by atoms with Crippen LogP contribution in [-0.4, -0.2) is 0 Å². The Bertz CT molecular complexity index is 2890. The third-order valence-electron chi connectivity index (χ3n) is 11.7. The van der Waals surface area contributed by atoms with Crippen LogP contribution in [0.25, 0.3) is 72.7 Å². The zero-order chi connectivity index (χ0) is 37.1. The number of fused-ring (bicyclic) bond motifs is 12. The molecule has 10 rings (SSSR count). The molecule has 1 aliphatic heterocycles. The Morgan fingerprint density at radius 3 is 2.02 bits per heavy atom. The zero-order valence-electron chi connectivity index (χ0n) is 31.0. The van der Waals surface area contributed by atoms with Crippen LogP contribution in [0.2, 0.25) is 0 Å². The van der Waals surface area contributed by atoms with Gasteiger partial charge in [-0.05, 0) is 78.9 Å². The predicted octanol–water partition coefficient (Wildman–Crippen LogP) is 11.3. The van der Waals surface area contributed by atoms with E-state index in [1.54, 1.807) is 0 Å². The maximum absolute atomic E-state index is 10.3. The van der Waals surface area contributed by atoms with E-state index in [9.17, 15) is 5.26 Å². The molecule has 0 N–H and O–H groups in total. The largest absolute Gasteiger partial charge is 0.344 e. The lowest BCUT2D eigenvalue weighted by atomic mass is 9.76. The van der Waals surface area contributed by atoms with E-state index in [1.807, 2.05) is 6.07 Å². The number of allylic oxidation sites excluding steroid dienone is 1. The molecule has 0 fully saturated rings. The van der Waals surface area contributed by atoms with Crippen LogP contribution < -0.4 is 9.13 Å². The van der Waals surface area contributed by atoms with E-state index >= 15 is 0 Å². The van der Waals surface area contributed by atoms with Crippen molar-refractivity contribution in [3.8, 4) is 62.0 Å². The first-order valence-electron chi connectivity index (χ1n) is 19.1. The summed E-state index contributed by atoms with van der Waals surface area (Å²) in [5, 5.41) is 12.8. The summed E-state index contributed by atoms with van der Waals surface area (Å²) in [6, 6.07) is 57.2. The van der Waals surface area contributed by atoms with E-state index in [4.69, 9.17) is 0 Å². The molecular formula is C52H39N3+2. The number of hydrogen-bond acceptors (Lipinski definition) is 1. The zero-order valence-corrected chi connectivity index (χ0v) is 31.0. The number of benzene rings is 6. The topological polar surface area (TPSA) is 31.5 Å². The molecule has 1 aliphatic carbocycles. The van der Waals surface area contributed by atoms with E-state index in [1.165, 1.54) is 72.0 Å². The second kappa shape index (κ2) is 12.9. The molecule has 8 aromatic rings. The SMILES string of the molecule is CC1(C)c2c(ccc3c2-c2cc(C#N)cc[n+]2C[n+]2ccc(-c4ccccc4)cc2-c2cc(-c4ccccc4)ccc2CC=C3)-c2ccc3ccccc3c21. The molecular weight excluding hydrogens is 667 g/mol. The standard InChI is InChI=1S/C52H39N3/c1-52(2)50-43-19-10-9-16-38(43)22-24-44(50)45-25-23-40-18-11-17-39-20-21-41(36-12-5-3-6-13-36)31-46(39)47-32-42(37-14-7-4-8-15-37)27-29-54(47)34-55-28-26-35(33-53)30-48(55)49(40)51(45)52/h3-16,18-32H,17,34H2,1-2H3/q+2. The van der Waals surface area contributed by atoms with Crippen LogP contribution in [0, 0.1) is 11.3 Å². The Morgan fingerprint density at radius 1 is 0.564 bits per heavy atom. The molecule has 2 aliphatic rings. The van der Waals surface area contributed by atoms with Gasteiger partial charge in [0.1, 0.15) is 0 Å². The average Bonchev–Trinajstić information content (AvgIpc) is 3.47. The molecule has 0 atom stereocenters. The van der Waals surface area contributed by atoms with Crippen molar-refractivity contribution < 1.29 is 9.13 Å². The Hall–Kier alpha value is -6.89. The van der Waals surface area contributed by atoms with Gasteiger partial charge in [-0.3, -0.25) is 0 Å². The highest BCUT2D eigenvalue weighted by Gasteiger charge is 2.41. The smallest absolute Gasteiger partial charge is 0.192 e. The molecule has 6 aromatic carbocycles. The molecule has 0 radical (unpaired) electrons. The summed E-state index contributed by atoms with van der Waals surface area (Å²) in [4.78, 5) is 0. The minimum absolute atomic E-state index is 0.293. The summed E-state index contributed by atoms with van der Waals surface area (Å²) < 4.78 is 4.70. The van der Waals surface area contributed by atoms with E-state index in [2.05, 4.69) is 199 Å². The first kappa shape index (κ1) is 32.7. The van der Waals surface area contributed by atoms with Crippen LogP contribution in [0.3, 0.4) is 0 Å². The third kappa shape index (κ3) is 5.41. The summed E-state index contributed by atoms with van der Waals surface area (Å²) in [5.74, 6) is 0. The van der Waals surface area contributed by atoms with Gasteiger partial charge < -0.3 is 0 Å². The highest BCUT2D eigenvalue weighted by Crippen LogP contribution is 2.55. The van der Waals surface area contributed by atoms with Gasteiger partial charge in [0, 0.05) is 29.7 Å². The molecule has 0 saturated heterocycles. The van der Waals surface area contributed by atoms with Crippen molar-refractivity contribution in [3.63, 3.8) is 0 Å². The van der Waals surface area contributed by atoms with Crippen molar-refractivity contribution in [2.45, 2.75) is 32.4 Å². The fourth-order valence-corrected chi connectivity index (χ4v) is 9.11. The molecule has 2 aromatic heterocycles. The molecule has 0 amide bonds. The highest BCUT2D eigenvalue weighted by atomic mass is 15.1. The van der Waals surface area contributed by atoms with Gasteiger partial charge in [-0.25, -0.2) is 0 Å². The summed E-state index contributed by atoms with van der Waals surface area (Å²) in [6.07, 6.45) is 9.72. The first-order chi connectivity index (χ1) is 27.0. The molecule has 3 heterocycles. The Labute approximate surface area is 322 Å². The minimum atomic E-state index is -0.293. The lowest BCUT2D eigenvalue weighted by Gasteiger charge is -2.26. The maximum Gasteiger partial charge on any atom is 0.344 e. The Morgan fingerprint density at radius 2 is 1.24 bits per heavy atom. The number of pyridine rings is 2. The van der Waals surface area contributed by atoms with Crippen molar-refractivity contribution in [1.29, 1.82) is 5.26 Å². The van der Waals surface area contributed by atoms with Crippen LogP contribution in [0.15, 0.2) is 170 Å². The van der Waals surface area contributed by atoms with Gasteiger partial charge in [0.25, 0.3) is 0 Å². The van der Waals surface area contributed by atoms with E-state index in [0.29, 0.717) is 12.2 Å². The van der Waals surface area contributed by atoms with E-state index in [0.717, 1.165) is 23.4 Å². The lowest BCUT2D eigenvalue weighted by molar-refractivity contribution is -0.903. The Kier molecular flexibility index (Phi) is 7.68. The van der Waals surface area contributed by atoms with Crippen molar-refractivity contribution in [2.75, 3.05) is 0 Å². The van der Waals surface area contributed by atoms with Gasteiger partial charge in [-0.2, -0.15) is 5.26 Å². The van der Waals surface area contributed by atoms with Crippen LogP contribution in [0.5, 0.6) is 0 Å². The molecule has 3 nitrogen and oxygen atoms in total. The normalized spacial score (nSPS) is 13.5. The number of hydrogen-bond donors (Lipinski definition) is 0. The molecule has 55 heavy (non-hydrogen) atoms. The molecule has 0 saturated carbocycles. The van der Waals surface area contributed by atoms with Gasteiger partial charge >= 0.3 is 6.67 Å². The fourth-order valence-electron chi connectivity index (χ4n) is 9.11. The van der Waals surface area contributed by atoms with Gasteiger partial charge in [-0.1, -0.05) is 147 Å². The number of nitrogens with zero attached hydrogens (tertiary/aromatic N) is 3. The van der Waals surface area contributed by atoms with Crippen molar-refractivity contribution >= 4 is 16.8 Å².